The Bertz CT molecular complexity index is 1300. The molecular formula is C26H28ClN5O3. The van der Waals surface area contributed by atoms with Gasteiger partial charge in [0.15, 0.2) is 0 Å². The fraction of sp³-hybridized carbons (Fsp3) is 0.346. The second-order valence-electron chi connectivity index (χ2n) is 8.54. The number of aromatic amines is 1. The van der Waals surface area contributed by atoms with Crippen LogP contribution >= 0.6 is 11.6 Å². The highest BCUT2D eigenvalue weighted by Crippen LogP contribution is 2.20. The largest absolute Gasteiger partial charge is 0.423 e. The Morgan fingerprint density at radius 3 is 2.71 bits per heavy atom. The van der Waals surface area contributed by atoms with Crippen molar-refractivity contribution in [2.45, 2.75) is 57.4 Å². The molecule has 1 aliphatic rings. The molecule has 4 aromatic rings. The predicted molar refractivity (Wildman–Crippen MR) is 135 cm³/mol. The third kappa shape index (κ3) is 7.23. The van der Waals surface area contributed by atoms with E-state index in [1.165, 1.54) is 25.7 Å². The SMILES string of the molecule is Clc1cccc(-c2nnco2)c1.O=C(CCCc1nc2ccccc2c(=O)[nH]1)NC1CCCCC1. The Balaban J connectivity index is 0.000000201. The van der Waals surface area contributed by atoms with Crippen LogP contribution in [-0.4, -0.2) is 32.1 Å². The lowest BCUT2D eigenvalue weighted by atomic mass is 9.95. The number of hydrogen-bond donors (Lipinski definition) is 2. The minimum Gasteiger partial charge on any atom is -0.423 e. The second kappa shape index (κ2) is 12.3. The number of carbonyl (C=O) groups excluding carboxylic acids is 1. The molecule has 0 radical (unpaired) electrons. The highest BCUT2D eigenvalue weighted by molar-refractivity contribution is 6.30. The van der Waals surface area contributed by atoms with Crippen molar-refractivity contribution in [3.05, 3.63) is 76.1 Å². The van der Waals surface area contributed by atoms with Gasteiger partial charge in [-0.1, -0.05) is 49.1 Å². The molecule has 5 rings (SSSR count). The summed E-state index contributed by atoms with van der Waals surface area (Å²) in [5, 5.41) is 11.7. The van der Waals surface area contributed by atoms with Crippen molar-refractivity contribution in [1.29, 1.82) is 0 Å². The predicted octanol–water partition coefficient (Wildman–Crippen LogP) is 5.08. The molecule has 2 aromatic heterocycles. The lowest BCUT2D eigenvalue weighted by Gasteiger charge is -2.22. The maximum atomic E-state index is 12.0. The summed E-state index contributed by atoms with van der Waals surface area (Å²) in [5.74, 6) is 1.25. The Morgan fingerprint density at radius 1 is 1.11 bits per heavy atom. The van der Waals surface area contributed by atoms with E-state index in [1.807, 2.05) is 30.3 Å². The molecule has 1 amide bonds. The van der Waals surface area contributed by atoms with Crippen LogP contribution in [0.4, 0.5) is 0 Å². The van der Waals surface area contributed by atoms with Gasteiger partial charge in [-0.2, -0.15) is 0 Å². The van der Waals surface area contributed by atoms with Gasteiger partial charge in [-0.3, -0.25) is 9.59 Å². The molecule has 8 nitrogen and oxygen atoms in total. The van der Waals surface area contributed by atoms with Crippen LogP contribution in [0.5, 0.6) is 0 Å². The monoisotopic (exact) mass is 493 g/mol. The van der Waals surface area contributed by atoms with Gasteiger partial charge in [0, 0.05) is 29.5 Å². The van der Waals surface area contributed by atoms with Crippen molar-refractivity contribution in [2.24, 2.45) is 0 Å². The van der Waals surface area contributed by atoms with E-state index in [9.17, 15) is 9.59 Å². The van der Waals surface area contributed by atoms with Gasteiger partial charge < -0.3 is 14.7 Å². The number of nitrogens with zero attached hydrogens (tertiary/aromatic N) is 3. The van der Waals surface area contributed by atoms with Gasteiger partial charge in [0.05, 0.1) is 10.9 Å². The zero-order chi connectivity index (χ0) is 24.5. The number of carbonyl (C=O) groups is 1. The van der Waals surface area contributed by atoms with Crippen LogP contribution in [0.3, 0.4) is 0 Å². The van der Waals surface area contributed by atoms with Crippen LogP contribution in [0.15, 0.2) is 64.1 Å². The van der Waals surface area contributed by atoms with Crippen LogP contribution in [-0.2, 0) is 11.2 Å². The van der Waals surface area contributed by atoms with E-state index in [-0.39, 0.29) is 11.5 Å². The van der Waals surface area contributed by atoms with Crippen LogP contribution in [0.1, 0.15) is 50.8 Å². The molecule has 0 saturated heterocycles. The van der Waals surface area contributed by atoms with Crippen molar-refractivity contribution in [1.82, 2.24) is 25.5 Å². The van der Waals surface area contributed by atoms with Gasteiger partial charge >= 0.3 is 0 Å². The molecule has 0 unspecified atom stereocenters. The molecule has 0 spiro atoms. The van der Waals surface area contributed by atoms with E-state index in [0.29, 0.717) is 52.9 Å². The number of benzene rings is 2. The fourth-order valence-electron chi connectivity index (χ4n) is 4.14. The van der Waals surface area contributed by atoms with Crippen LogP contribution in [0, 0.1) is 0 Å². The molecule has 1 aliphatic carbocycles. The van der Waals surface area contributed by atoms with Gasteiger partial charge in [-0.15, -0.1) is 10.2 Å². The summed E-state index contributed by atoms with van der Waals surface area (Å²) in [7, 11) is 0. The van der Waals surface area contributed by atoms with Crippen LogP contribution in [0.25, 0.3) is 22.4 Å². The highest BCUT2D eigenvalue weighted by atomic mass is 35.5. The number of halogens is 1. The number of hydrogen-bond acceptors (Lipinski definition) is 6. The van der Waals surface area contributed by atoms with Crippen LogP contribution < -0.4 is 10.9 Å². The first-order chi connectivity index (χ1) is 17.1. The Hall–Kier alpha value is -3.52. The number of nitrogens with one attached hydrogen (secondary N) is 2. The zero-order valence-electron chi connectivity index (χ0n) is 19.4. The molecule has 2 aromatic carbocycles. The number of fused-ring (bicyclic) bond motifs is 1. The minimum absolute atomic E-state index is 0.111. The molecule has 2 N–H and O–H groups in total. The van der Waals surface area contributed by atoms with E-state index in [1.54, 1.807) is 18.2 Å². The number of H-pyrrole nitrogens is 1. The quantitative estimate of drug-likeness (QED) is 0.387. The van der Waals surface area contributed by atoms with Crippen molar-refractivity contribution < 1.29 is 9.21 Å². The van der Waals surface area contributed by atoms with E-state index < -0.39 is 0 Å². The van der Waals surface area contributed by atoms with E-state index in [2.05, 4.69) is 25.5 Å². The maximum absolute atomic E-state index is 12.0. The molecule has 9 heteroatoms. The summed E-state index contributed by atoms with van der Waals surface area (Å²) >= 11 is 5.77. The van der Waals surface area contributed by atoms with Crippen molar-refractivity contribution in [3.8, 4) is 11.5 Å². The third-order valence-electron chi connectivity index (χ3n) is 5.88. The molecule has 1 saturated carbocycles. The van der Waals surface area contributed by atoms with Crippen molar-refractivity contribution >= 4 is 28.4 Å². The average molecular weight is 494 g/mol. The van der Waals surface area contributed by atoms with Crippen molar-refractivity contribution in [2.75, 3.05) is 0 Å². The summed E-state index contributed by atoms with van der Waals surface area (Å²) in [6, 6.07) is 14.9. The molecule has 0 bridgehead atoms. The number of amides is 1. The van der Waals surface area contributed by atoms with Crippen LogP contribution in [0.2, 0.25) is 5.02 Å². The summed E-state index contributed by atoms with van der Waals surface area (Å²) < 4.78 is 4.99. The molecule has 1 fully saturated rings. The maximum Gasteiger partial charge on any atom is 0.258 e. The van der Waals surface area contributed by atoms with Gasteiger partial charge in [-0.25, -0.2) is 4.98 Å². The Labute approximate surface area is 208 Å². The molecule has 182 valence electrons. The van der Waals surface area contributed by atoms with Gasteiger partial charge in [0.1, 0.15) is 5.82 Å². The molecule has 0 aliphatic heterocycles. The first-order valence-electron chi connectivity index (χ1n) is 11.9. The smallest absolute Gasteiger partial charge is 0.258 e. The first-order valence-corrected chi connectivity index (χ1v) is 12.3. The number of rotatable bonds is 6. The molecular weight excluding hydrogens is 466 g/mol. The zero-order valence-corrected chi connectivity index (χ0v) is 20.1. The van der Waals surface area contributed by atoms with E-state index in [0.717, 1.165) is 18.4 Å². The molecule has 35 heavy (non-hydrogen) atoms. The topological polar surface area (TPSA) is 114 Å². The second-order valence-corrected chi connectivity index (χ2v) is 8.98. The summed E-state index contributed by atoms with van der Waals surface area (Å²) in [4.78, 5) is 31.2. The first kappa shape index (κ1) is 24.6. The lowest BCUT2D eigenvalue weighted by molar-refractivity contribution is -0.122. The summed E-state index contributed by atoms with van der Waals surface area (Å²) in [5.41, 5.74) is 1.43. The molecule has 2 heterocycles. The highest BCUT2D eigenvalue weighted by Gasteiger charge is 2.15. The standard InChI is InChI=1S/C18H23N3O2.C8H5ClN2O/c22-17(19-13-7-2-1-3-8-13)12-6-11-16-20-15-10-5-4-9-14(15)18(23)21-16;9-7-3-1-2-6(4-7)8-11-10-5-12-8/h4-5,9-10,13H,1-3,6-8,11-12H2,(H,19,22)(H,20,21,23);1-5H. The molecule has 0 atom stereocenters. The van der Waals surface area contributed by atoms with Gasteiger partial charge in [-0.05, 0) is 49.6 Å². The Morgan fingerprint density at radius 2 is 1.94 bits per heavy atom. The van der Waals surface area contributed by atoms with E-state index in [4.69, 9.17) is 16.0 Å². The Kier molecular flexibility index (Phi) is 8.62. The normalized spacial score (nSPS) is 13.7. The third-order valence-corrected chi connectivity index (χ3v) is 6.12. The van der Waals surface area contributed by atoms with Crippen molar-refractivity contribution in [3.63, 3.8) is 0 Å². The van der Waals surface area contributed by atoms with Gasteiger partial charge in [0.25, 0.3) is 5.56 Å². The number of para-hydroxylation sites is 1. The summed E-state index contributed by atoms with van der Waals surface area (Å²) in [6.45, 7) is 0. The minimum atomic E-state index is -0.114. The van der Waals surface area contributed by atoms with Gasteiger partial charge in [0.2, 0.25) is 18.2 Å². The van der Waals surface area contributed by atoms with E-state index >= 15 is 0 Å². The number of aromatic nitrogens is 4. The number of aryl methyl sites for hydroxylation is 1. The average Bonchev–Trinajstić information content (AvgIpc) is 3.41. The fourth-order valence-corrected chi connectivity index (χ4v) is 4.33. The lowest BCUT2D eigenvalue weighted by Crippen LogP contribution is -2.36. The summed E-state index contributed by atoms with van der Waals surface area (Å²) in [6.07, 6.45) is 8.99.